The molecule has 0 aliphatic heterocycles. The summed E-state index contributed by atoms with van der Waals surface area (Å²) in [6.45, 7) is 0.872. The Labute approximate surface area is 162 Å². The van der Waals surface area contributed by atoms with Crippen molar-refractivity contribution in [3.05, 3.63) is 94.5 Å². The largest absolute Gasteiger partial charge is 0.383 e. The number of benzene rings is 2. The summed E-state index contributed by atoms with van der Waals surface area (Å²) in [4.78, 5) is 16.4. The molecule has 1 aromatic heterocycles. The van der Waals surface area contributed by atoms with Gasteiger partial charge in [0.15, 0.2) is 0 Å². The Morgan fingerprint density at radius 3 is 2.56 bits per heavy atom. The fraction of sp³-hybridized carbons (Fsp3) is 0.143. The van der Waals surface area contributed by atoms with Gasteiger partial charge in [-0.1, -0.05) is 48.0 Å². The Kier molecular flexibility index (Phi) is 6.39. The molecular formula is C21H19ClFN3O. The van der Waals surface area contributed by atoms with Crippen molar-refractivity contribution in [2.24, 2.45) is 0 Å². The standard InChI is InChI=1S/C21H19ClFN3O/c22-19-7-3-1-6-16(19)13-26-21(27)17-11-18(14-24-12-17)25-10-9-15-5-2-4-8-20(15)23/h1-8,11-12,14,25H,9-10,13H2,(H,26,27). The molecule has 138 valence electrons. The van der Waals surface area contributed by atoms with E-state index >= 15 is 0 Å². The van der Waals surface area contributed by atoms with Crippen LogP contribution in [0.3, 0.4) is 0 Å². The van der Waals surface area contributed by atoms with Crippen molar-refractivity contribution >= 4 is 23.2 Å². The van der Waals surface area contributed by atoms with Crippen LogP contribution >= 0.6 is 11.6 Å². The summed E-state index contributed by atoms with van der Waals surface area (Å²) in [6, 6.07) is 15.8. The molecule has 0 saturated carbocycles. The van der Waals surface area contributed by atoms with E-state index in [1.807, 2.05) is 24.3 Å². The first kappa shape index (κ1) is 18.9. The van der Waals surface area contributed by atoms with Gasteiger partial charge in [-0.2, -0.15) is 0 Å². The number of carbonyl (C=O) groups is 1. The summed E-state index contributed by atoms with van der Waals surface area (Å²) in [5, 5.41) is 6.61. The van der Waals surface area contributed by atoms with Crippen molar-refractivity contribution in [2.75, 3.05) is 11.9 Å². The van der Waals surface area contributed by atoms with E-state index in [4.69, 9.17) is 11.6 Å². The number of hydrogen-bond donors (Lipinski definition) is 2. The Balaban J connectivity index is 1.55. The maximum absolute atomic E-state index is 13.6. The zero-order chi connectivity index (χ0) is 19.1. The average molecular weight is 384 g/mol. The molecule has 27 heavy (non-hydrogen) atoms. The van der Waals surface area contributed by atoms with Gasteiger partial charge in [0.1, 0.15) is 5.82 Å². The summed E-state index contributed by atoms with van der Waals surface area (Å²) >= 11 is 6.10. The zero-order valence-corrected chi connectivity index (χ0v) is 15.3. The molecule has 1 amide bonds. The SMILES string of the molecule is O=C(NCc1ccccc1Cl)c1cncc(NCCc2ccccc2F)c1. The maximum Gasteiger partial charge on any atom is 0.253 e. The number of nitrogens with zero attached hydrogens (tertiary/aromatic N) is 1. The molecule has 0 fully saturated rings. The Morgan fingerprint density at radius 1 is 1.04 bits per heavy atom. The molecule has 6 heteroatoms. The number of amides is 1. The Hall–Kier alpha value is -2.92. The minimum atomic E-state index is -0.236. The minimum Gasteiger partial charge on any atom is -0.383 e. The smallest absolute Gasteiger partial charge is 0.253 e. The molecule has 0 atom stereocenters. The van der Waals surface area contributed by atoms with Crippen LogP contribution in [0, 0.1) is 5.82 Å². The lowest BCUT2D eigenvalue weighted by Gasteiger charge is -2.10. The van der Waals surface area contributed by atoms with Crippen molar-refractivity contribution in [1.29, 1.82) is 0 Å². The van der Waals surface area contributed by atoms with Gasteiger partial charge >= 0.3 is 0 Å². The molecule has 4 nitrogen and oxygen atoms in total. The monoisotopic (exact) mass is 383 g/mol. The number of pyridine rings is 1. The molecule has 0 radical (unpaired) electrons. The number of nitrogens with one attached hydrogen (secondary N) is 2. The maximum atomic E-state index is 13.6. The van der Waals surface area contributed by atoms with Crippen LogP contribution < -0.4 is 10.6 Å². The minimum absolute atomic E-state index is 0.217. The first-order valence-corrected chi connectivity index (χ1v) is 8.95. The van der Waals surface area contributed by atoms with Crippen LogP contribution in [0.1, 0.15) is 21.5 Å². The van der Waals surface area contributed by atoms with Gasteiger partial charge in [0.25, 0.3) is 5.91 Å². The highest BCUT2D eigenvalue weighted by molar-refractivity contribution is 6.31. The fourth-order valence-corrected chi connectivity index (χ4v) is 2.83. The molecule has 2 aromatic carbocycles. The summed E-state index contributed by atoms with van der Waals surface area (Å²) in [7, 11) is 0. The lowest BCUT2D eigenvalue weighted by atomic mass is 10.1. The molecule has 0 aliphatic rings. The second kappa shape index (κ2) is 9.14. The molecule has 0 spiro atoms. The van der Waals surface area contributed by atoms with Crippen LogP contribution in [0.25, 0.3) is 0 Å². The topological polar surface area (TPSA) is 54.0 Å². The van der Waals surface area contributed by atoms with Crippen LogP contribution in [0.2, 0.25) is 5.02 Å². The molecular weight excluding hydrogens is 365 g/mol. The number of anilines is 1. The zero-order valence-electron chi connectivity index (χ0n) is 14.6. The molecule has 3 rings (SSSR count). The van der Waals surface area contributed by atoms with E-state index in [2.05, 4.69) is 15.6 Å². The Bertz CT molecular complexity index is 933. The molecule has 0 unspecified atom stereocenters. The summed E-state index contributed by atoms with van der Waals surface area (Å²) in [5.41, 5.74) is 2.64. The van der Waals surface area contributed by atoms with Gasteiger partial charge < -0.3 is 10.6 Å². The number of carbonyl (C=O) groups excluding carboxylic acids is 1. The molecule has 0 aliphatic carbocycles. The van der Waals surface area contributed by atoms with E-state index in [1.165, 1.54) is 12.3 Å². The first-order valence-electron chi connectivity index (χ1n) is 8.57. The molecule has 0 saturated heterocycles. The van der Waals surface area contributed by atoms with E-state index in [0.29, 0.717) is 41.3 Å². The first-order chi connectivity index (χ1) is 13.1. The highest BCUT2D eigenvalue weighted by Crippen LogP contribution is 2.15. The van der Waals surface area contributed by atoms with Crippen LogP contribution in [-0.4, -0.2) is 17.4 Å². The van der Waals surface area contributed by atoms with Crippen LogP contribution in [0.15, 0.2) is 67.0 Å². The highest BCUT2D eigenvalue weighted by Gasteiger charge is 2.08. The Morgan fingerprint density at radius 2 is 1.78 bits per heavy atom. The second-order valence-electron chi connectivity index (χ2n) is 6.00. The number of aromatic nitrogens is 1. The average Bonchev–Trinajstić information content (AvgIpc) is 2.69. The number of hydrogen-bond acceptors (Lipinski definition) is 3. The predicted octanol–water partition coefficient (Wildman–Crippen LogP) is 4.46. The summed E-state index contributed by atoms with van der Waals surface area (Å²) in [6.07, 6.45) is 3.67. The van der Waals surface area contributed by atoms with Gasteiger partial charge in [0.2, 0.25) is 0 Å². The van der Waals surface area contributed by atoms with Crippen LogP contribution in [0.5, 0.6) is 0 Å². The third kappa shape index (κ3) is 5.28. The van der Waals surface area contributed by atoms with Gasteiger partial charge in [-0.15, -0.1) is 0 Å². The van der Waals surface area contributed by atoms with Gasteiger partial charge in [0, 0.05) is 30.5 Å². The molecule has 2 N–H and O–H groups in total. The van der Waals surface area contributed by atoms with E-state index in [9.17, 15) is 9.18 Å². The lowest BCUT2D eigenvalue weighted by molar-refractivity contribution is 0.0950. The van der Waals surface area contributed by atoms with Crippen molar-refractivity contribution in [3.63, 3.8) is 0 Å². The van der Waals surface area contributed by atoms with Gasteiger partial charge in [0.05, 0.1) is 11.3 Å². The third-order valence-corrected chi connectivity index (χ3v) is 4.45. The van der Waals surface area contributed by atoms with E-state index < -0.39 is 0 Å². The number of halogens is 2. The van der Waals surface area contributed by atoms with Crippen LogP contribution in [-0.2, 0) is 13.0 Å². The van der Waals surface area contributed by atoms with Crippen molar-refractivity contribution < 1.29 is 9.18 Å². The van der Waals surface area contributed by atoms with E-state index in [1.54, 1.807) is 30.5 Å². The van der Waals surface area contributed by atoms with Crippen molar-refractivity contribution in [3.8, 4) is 0 Å². The summed E-state index contributed by atoms with van der Waals surface area (Å²) in [5.74, 6) is -0.453. The van der Waals surface area contributed by atoms with Gasteiger partial charge in [-0.3, -0.25) is 9.78 Å². The summed E-state index contributed by atoms with van der Waals surface area (Å²) < 4.78 is 13.6. The second-order valence-corrected chi connectivity index (χ2v) is 6.41. The number of rotatable bonds is 7. The van der Waals surface area contributed by atoms with E-state index in [-0.39, 0.29) is 11.7 Å². The molecule has 1 heterocycles. The van der Waals surface area contributed by atoms with Crippen molar-refractivity contribution in [1.82, 2.24) is 10.3 Å². The molecule has 3 aromatic rings. The van der Waals surface area contributed by atoms with E-state index in [0.717, 1.165) is 5.56 Å². The van der Waals surface area contributed by atoms with Gasteiger partial charge in [-0.05, 0) is 35.7 Å². The molecule has 0 bridgehead atoms. The predicted molar refractivity (Wildman–Crippen MR) is 105 cm³/mol. The lowest BCUT2D eigenvalue weighted by Crippen LogP contribution is -2.23. The quantitative estimate of drug-likeness (QED) is 0.633. The van der Waals surface area contributed by atoms with Crippen molar-refractivity contribution in [2.45, 2.75) is 13.0 Å². The van der Waals surface area contributed by atoms with Gasteiger partial charge in [-0.25, -0.2) is 4.39 Å². The normalized spacial score (nSPS) is 10.4. The third-order valence-electron chi connectivity index (χ3n) is 4.08. The highest BCUT2D eigenvalue weighted by atomic mass is 35.5. The fourth-order valence-electron chi connectivity index (χ4n) is 2.62. The van der Waals surface area contributed by atoms with Crippen LogP contribution in [0.4, 0.5) is 10.1 Å².